The summed E-state index contributed by atoms with van der Waals surface area (Å²) in [6.45, 7) is 5.29. The minimum absolute atomic E-state index is 0.0617. The van der Waals surface area contributed by atoms with Crippen LogP contribution in [0.5, 0.6) is 11.5 Å². The van der Waals surface area contributed by atoms with Crippen molar-refractivity contribution in [3.05, 3.63) is 53.6 Å². The molecule has 2 rings (SSSR count). The van der Waals surface area contributed by atoms with Crippen LogP contribution in [0.15, 0.2) is 42.5 Å². The predicted octanol–water partition coefficient (Wildman–Crippen LogP) is 4.08. The molecule has 0 saturated carbocycles. The van der Waals surface area contributed by atoms with E-state index in [1.165, 1.54) is 0 Å². The first kappa shape index (κ1) is 16.9. The van der Waals surface area contributed by atoms with Crippen molar-refractivity contribution in [2.45, 2.75) is 26.7 Å². The van der Waals surface area contributed by atoms with E-state index < -0.39 is 0 Å². The first-order chi connectivity index (χ1) is 11.2. The molecule has 2 aromatic carbocycles. The molecular formula is C19H23NO3. The van der Waals surface area contributed by atoms with Gasteiger partial charge in [0.05, 0.1) is 13.2 Å². The van der Waals surface area contributed by atoms with E-state index in [0.717, 1.165) is 12.8 Å². The second-order valence-corrected chi connectivity index (χ2v) is 5.31. The van der Waals surface area contributed by atoms with Crippen molar-refractivity contribution in [3.8, 4) is 11.5 Å². The molecule has 0 aliphatic carbocycles. The van der Waals surface area contributed by atoms with Gasteiger partial charge < -0.3 is 15.2 Å². The standard InChI is InChI=1S/C19H23NO3/c1-3-11-22-17-10-7-15(13-18(17)23-12-4-2)19(21)14-5-8-16(20)9-6-14/h5-10,13H,3-4,11-12,20H2,1-2H3. The van der Waals surface area contributed by atoms with Gasteiger partial charge in [-0.05, 0) is 55.3 Å². The van der Waals surface area contributed by atoms with E-state index in [1.807, 2.05) is 13.8 Å². The van der Waals surface area contributed by atoms with Gasteiger partial charge in [-0.1, -0.05) is 13.8 Å². The lowest BCUT2D eigenvalue weighted by Gasteiger charge is -2.13. The monoisotopic (exact) mass is 313 g/mol. The number of hydrogen-bond donors (Lipinski definition) is 1. The fourth-order valence-electron chi connectivity index (χ4n) is 2.11. The fourth-order valence-corrected chi connectivity index (χ4v) is 2.11. The number of rotatable bonds is 8. The molecule has 4 heteroatoms. The van der Waals surface area contributed by atoms with Crippen LogP contribution in [0.1, 0.15) is 42.6 Å². The third-order valence-corrected chi connectivity index (χ3v) is 3.30. The lowest BCUT2D eigenvalue weighted by atomic mass is 10.0. The maximum atomic E-state index is 12.6. The summed E-state index contributed by atoms with van der Waals surface area (Å²) in [5, 5.41) is 0. The zero-order valence-electron chi connectivity index (χ0n) is 13.7. The lowest BCUT2D eigenvalue weighted by molar-refractivity contribution is 0.103. The molecule has 2 N–H and O–H groups in total. The Balaban J connectivity index is 2.27. The minimum Gasteiger partial charge on any atom is -0.490 e. The van der Waals surface area contributed by atoms with Crippen molar-refractivity contribution in [1.82, 2.24) is 0 Å². The average Bonchev–Trinajstić information content (AvgIpc) is 2.58. The highest BCUT2D eigenvalue weighted by Crippen LogP contribution is 2.30. The average molecular weight is 313 g/mol. The summed E-state index contributed by atoms with van der Waals surface area (Å²) in [5.41, 5.74) is 7.47. The van der Waals surface area contributed by atoms with Crippen molar-refractivity contribution in [2.75, 3.05) is 18.9 Å². The van der Waals surface area contributed by atoms with Crippen LogP contribution in [0, 0.1) is 0 Å². The van der Waals surface area contributed by atoms with Gasteiger partial charge in [0.15, 0.2) is 17.3 Å². The number of carbonyl (C=O) groups is 1. The summed E-state index contributed by atoms with van der Waals surface area (Å²) in [5.74, 6) is 1.23. The second kappa shape index (κ2) is 8.22. The van der Waals surface area contributed by atoms with Gasteiger partial charge in [0.25, 0.3) is 0 Å². The Labute approximate surface area is 137 Å². The Hall–Kier alpha value is -2.49. The number of anilines is 1. The SMILES string of the molecule is CCCOc1ccc(C(=O)c2ccc(N)cc2)cc1OCCC. The van der Waals surface area contributed by atoms with Crippen molar-refractivity contribution in [3.63, 3.8) is 0 Å². The minimum atomic E-state index is -0.0617. The number of nitrogen functional groups attached to an aromatic ring is 1. The number of ether oxygens (including phenoxy) is 2. The first-order valence-electron chi connectivity index (χ1n) is 7.95. The molecule has 0 bridgehead atoms. The molecule has 4 nitrogen and oxygen atoms in total. The molecule has 0 atom stereocenters. The molecule has 122 valence electrons. The molecule has 2 aromatic rings. The maximum absolute atomic E-state index is 12.6. The van der Waals surface area contributed by atoms with E-state index in [1.54, 1.807) is 42.5 Å². The van der Waals surface area contributed by atoms with Gasteiger partial charge in [-0.25, -0.2) is 0 Å². The molecule has 0 heterocycles. The number of hydrogen-bond acceptors (Lipinski definition) is 4. The van der Waals surface area contributed by atoms with E-state index in [-0.39, 0.29) is 5.78 Å². The number of nitrogens with two attached hydrogens (primary N) is 1. The number of ketones is 1. The molecule has 0 unspecified atom stereocenters. The van der Waals surface area contributed by atoms with Gasteiger partial charge in [-0.3, -0.25) is 4.79 Å². The van der Waals surface area contributed by atoms with Gasteiger partial charge in [0, 0.05) is 16.8 Å². The molecule has 0 aliphatic heterocycles. The van der Waals surface area contributed by atoms with Crippen LogP contribution in [0.3, 0.4) is 0 Å². The highest BCUT2D eigenvalue weighted by Gasteiger charge is 2.13. The molecule has 0 amide bonds. The van der Waals surface area contributed by atoms with Gasteiger partial charge in [0.1, 0.15) is 0 Å². The molecular weight excluding hydrogens is 290 g/mol. The maximum Gasteiger partial charge on any atom is 0.193 e. The predicted molar refractivity (Wildman–Crippen MR) is 92.3 cm³/mol. The van der Waals surface area contributed by atoms with Crippen LogP contribution in [0.2, 0.25) is 0 Å². The Morgan fingerprint density at radius 1 is 0.870 bits per heavy atom. The van der Waals surface area contributed by atoms with Gasteiger partial charge in [0.2, 0.25) is 0 Å². The first-order valence-corrected chi connectivity index (χ1v) is 7.95. The molecule has 23 heavy (non-hydrogen) atoms. The fraction of sp³-hybridized carbons (Fsp3) is 0.316. The van der Waals surface area contributed by atoms with Crippen molar-refractivity contribution < 1.29 is 14.3 Å². The van der Waals surface area contributed by atoms with Crippen molar-refractivity contribution in [1.29, 1.82) is 0 Å². The number of benzene rings is 2. The van der Waals surface area contributed by atoms with Crippen molar-refractivity contribution >= 4 is 11.5 Å². The quantitative estimate of drug-likeness (QED) is 0.589. The summed E-state index contributed by atoms with van der Waals surface area (Å²) in [6.07, 6.45) is 1.81. The Morgan fingerprint density at radius 3 is 2.04 bits per heavy atom. The Morgan fingerprint density at radius 2 is 1.43 bits per heavy atom. The van der Waals surface area contributed by atoms with Gasteiger partial charge >= 0.3 is 0 Å². The van der Waals surface area contributed by atoms with Crippen LogP contribution in [0.25, 0.3) is 0 Å². The van der Waals surface area contributed by atoms with E-state index in [0.29, 0.717) is 41.5 Å². The molecule has 0 fully saturated rings. The summed E-state index contributed by atoms with van der Waals surface area (Å²) < 4.78 is 11.4. The third-order valence-electron chi connectivity index (χ3n) is 3.30. The molecule has 0 saturated heterocycles. The summed E-state index contributed by atoms with van der Waals surface area (Å²) in [6, 6.07) is 12.2. The van der Waals surface area contributed by atoms with E-state index in [2.05, 4.69) is 0 Å². The summed E-state index contributed by atoms with van der Waals surface area (Å²) in [4.78, 5) is 12.6. The van der Waals surface area contributed by atoms with E-state index >= 15 is 0 Å². The van der Waals surface area contributed by atoms with Crippen LogP contribution in [-0.2, 0) is 0 Å². The smallest absolute Gasteiger partial charge is 0.193 e. The zero-order valence-corrected chi connectivity index (χ0v) is 13.7. The number of carbonyl (C=O) groups excluding carboxylic acids is 1. The van der Waals surface area contributed by atoms with Gasteiger partial charge in [-0.2, -0.15) is 0 Å². The zero-order chi connectivity index (χ0) is 16.7. The van der Waals surface area contributed by atoms with Crippen LogP contribution in [-0.4, -0.2) is 19.0 Å². The highest BCUT2D eigenvalue weighted by molar-refractivity contribution is 6.09. The van der Waals surface area contributed by atoms with Gasteiger partial charge in [-0.15, -0.1) is 0 Å². The van der Waals surface area contributed by atoms with Crippen LogP contribution < -0.4 is 15.2 Å². The lowest BCUT2D eigenvalue weighted by Crippen LogP contribution is -2.05. The third kappa shape index (κ3) is 4.49. The van der Waals surface area contributed by atoms with Crippen LogP contribution >= 0.6 is 0 Å². The second-order valence-electron chi connectivity index (χ2n) is 5.31. The van der Waals surface area contributed by atoms with E-state index in [4.69, 9.17) is 15.2 Å². The largest absolute Gasteiger partial charge is 0.490 e. The van der Waals surface area contributed by atoms with Crippen LogP contribution in [0.4, 0.5) is 5.69 Å². The molecule has 0 radical (unpaired) electrons. The Bertz CT molecular complexity index is 650. The molecule has 0 aliphatic rings. The summed E-state index contributed by atoms with van der Waals surface area (Å²) >= 11 is 0. The van der Waals surface area contributed by atoms with E-state index in [9.17, 15) is 4.79 Å². The molecule has 0 aromatic heterocycles. The highest BCUT2D eigenvalue weighted by atomic mass is 16.5. The molecule has 0 spiro atoms. The Kier molecular flexibility index (Phi) is 6.03. The normalized spacial score (nSPS) is 10.3. The van der Waals surface area contributed by atoms with Crippen molar-refractivity contribution in [2.24, 2.45) is 0 Å². The topological polar surface area (TPSA) is 61.5 Å². The summed E-state index contributed by atoms with van der Waals surface area (Å²) in [7, 11) is 0.